The second kappa shape index (κ2) is 9.66. The molecule has 0 radical (unpaired) electrons. The van der Waals surface area contributed by atoms with E-state index in [2.05, 4.69) is 10.6 Å². The molecular weight excluding hydrogens is 304 g/mol. The highest BCUT2D eigenvalue weighted by molar-refractivity contribution is 6.30. The Bertz CT molecular complexity index is 453. The Hall–Kier alpha value is -1.30. The molecule has 0 fully saturated rings. The number of amides is 2. The Morgan fingerprint density at radius 3 is 2.45 bits per heavy atom. The van der Waals surface area contributed by atoms with Crippen LogP contribution in [0.3, 0.4) is 0 Å². The average molecular weight is 329 g/mol. The van der Waals surface area contributed by atoms with Crippen molar-refractivity contribution in [1.29, 1.82) is 0 Å². The van der Waals surface area contributed by atoms with E-state index in [0.29, 0.717) is 11.4 Å². The fourth-order valence-electron chi connectivity index (χ4n) is 2.33. The summed E-state index contributed by atoms with van der Waals surface area (Å²) in [6, 6.07) is 6.85. The zero-order valence-electron chi connectivity index (χ0n) is 13.3. The van der Waals surface area contributed by atoms with Gasteiger partial charge in [-0.25, -0.2) is 4.79 Å². The van der Waals surface area contributed by atoms with E-state index in [4.69, 9.17) is 21.4 Å². The molecule has 22 heavy (non-hydrogen) atoms. The second-order valence-corrected chi connectivity index (χ2v) is 5.67. The summed E-state index contributed by atoms with van der Waals surface area (Å²) < 4.78 is 5.49. The Labute approximate surface area is 137 Å². The monoisotopic (exact) mass is 328 g/mol. The summed E-state index contributed by atoms with van der Waals surface area (Å²) in [5.74, 6) is 0. The van der Waals surface area contributed by atoms with E-state index in [0.717, 1.165) is 12.0 Å². The molecule has 0 aromatic heterocycles. The van der Waals surface area contributed by atoms with E-state index in [1.54, 1.807) is 19.2 Å². The lowest BCUT2D eigenvalue weighted by Gasteiger charge is -2.25. The number of hydrogen-bond donors (Lipinski definition) is 3. The van der Waals surface area contributed by atoms with Gasteiger partial charge in [-0.3, -0.25) is 0 Å². The molecule has 5 nitrogen and oxygen atoms in total. The number of halogens is 1. The van der Waals surface area contributed by atoms with Gasteiger partial charge in [-0.15, -0.1) is 0 Å². The normalized spacial score (nSPS) is 15.0. The average Bonchev–Trinajstić information content (AvgIpc) is 2.49. The predicted octanol–water partition coefficient (Wildman–Crippen LogP) is 2.88. The number of carbonyl (C=O) groups excluding carboxylic acids is 1. The van der Waals surface area contributed by atoms with Gasteiger partial charge in [0, 0.05) is 24.8 Å². The van der Waals surface area contributed by atoms with Gasteiger partial charge in [-0.1, -0.05) is 30.7 Å². The van der Waals surface area contributed by atoms with Gasteiger partial charge in [0.1, 0.15) is 6.10 Å². The summed E-state index contributed by atoms with van der Waals surface area (Å²) >= 11 is 5.89. The zero-order valence-corrected chi connectivity index (χ0v) is 14.1. The molecule has 0 saturated carbocycles. The standard InChI is InChI=1S/C16H25ClN2O3/c1-4-14(9-10-20)19-16(21)18-11(2)15(22-3)12-5-7-13(17)8-6-12/h5-8,11,14-15,20H,4,9-10H2,1-3H3,(H2,18,19,21). The third-order valence-electron chi connectivity index (χ3n) is 3.57. The number of aliphatic hydroxyl groups is 1. The van der Waals surface area contributed by atoms with Crippen molar-refractivity contribution < 1.29 is 14.6 Å². The molecule has 0 aliphatic rings. The highest BCUT2D eigenvalue weighted by Gasteiger charge is 2.21. The maximum absolute atomic E-state index is 12.0. The van der Waals surface area contributed by atoms with Crippen molar-refractivity contribution in [3.63, 3.8) is 0 Å². The molecular formula is C16H25ClN2O3. The molecule has 0 aliphatic heterocycles. The number of ether oxygens (including phenoxy) is 1. The Kier molecular flexibility index (Phi) is 8.24. The lowest BCUT2D eigenvalue weighted by Crippen LogP contribution is -2.47. The van der Waals surface area contributed by atoms with Gasteiger partial charge in [0.05, 0.1) is 6.04 Å². The molecule has 3 unspecified atom stereocenters. The molecule has 1 aromatic rings. The van der Waals surface area contributed by atoms with Crippen LogP contribution in [0.25, 0.3) is 0 Å². The largest absolute Gasteiger partial charge is 0.396 e. The van der Waals surface area contributed by atoms with Crippen LogP contribution in [0.2, 0.25) is 5.02 Å². The summed E-state index contributed by atoms with van der Waals surface area (Å²) in [6.07, 6.45) is 1.05. The first-order chi connectivity index (χ1) is 10.5. The van der Waals surface area contributed by atoms with Crippen LogP contribution in [0.1, 0.15) is 38.4 Å². The fourth-order valence-corrected chi connectivity index (χ4v) is 2.45. The molecule has 0 spiro atoms. The van der Waals surface area contributed by atoms with Crippen molar-refractivity contribution in [3.05, 3.63) is 34.9 Å². The van der Waals surface area contributed by atoms with E-state index >= 15 is 0 Å². The fraction of sp³-hybridized carbons (Fsp3) is 0.562. The Morgan fingerprint density at radius 2 is 1.95 bits per heavy atom. The minimum absolute atomic E-state index is 0.0336. The number of rotatable bonds is 8. The molecule has 0 saturated heterocycles. The first kappa shape index (κ1) is 18.7. The van der Waals surface area contributed by atoms with Crippen molar-refractivity contribution in [1.82, 2.24) is 10.6 Å². The molecule has 6 heteroatoms. The number of hydrogen-bond acceptors (Lipinski definition) is 3. The van der Waals surface area contributed by atoms with Crippen molar-refractivity contribution in [2.75, 3.05) is 13.7 Å². The van der Waals surface area contributed by atoms with Gasteiger partial charge in [-0.05, 0) is 37.5 Å². The molecule has 3 atom stereocenters. The minimum atomic E-state index is -0.263. The van der Waals surface area contributed by atoms with E-state index in [9.17, 15) is 4.79 Å². The van der Waals surface area contributed by atoms with Gasteiger partial charge in [0.15, 0.2) is 0 Å². The molecule has 1 aromatic carbocycles. The minimum Gasteiger partial charge on any atom is -0.396 e. The van der Waals surface area contributed by atoms with Gasteiger partial charge in [-0.2, -0.15) is 0 Å². The van der Waals surface area contributed by atoms with E-state index < -0.39 is 0 Å². The van der Waals surface area contributed by atoms with Crippen LogP contribution in [0.4, 0.5) is 4.79 Å². The van der Waals surface area contributed by atoms with Crippen molar-refractivity contribution in [2.45, 2.75) is 44.9 Å². The van der Waals surface area contributed by atoms with Gasteiger partial charge >= 0.3 is 6.03 Å². The van der Waals surface area contributed by atoms with E-state index in [-0.39, 0.29) is 30.8 Å². The maximum Gasteiger partial charge on any atom is 0.315 e. The first-order valence-corrected chi connectivity index (χ1v) is 7.85. The van der Waals surface area contributed by atoms with Gasteiger partial charge in [0.2, 0.25) is 0 Å². The van der Waals surface area contributed by atoms with Crippen LogP contribution in [-0.4, -0.2) is 36.9 Å². The highest BCUT2D eigenvalue weighted by Crippen LogP contribution is 2.22. The van der Waals surface area contributed by atoms with E-state index in [1.165, 1.54) is 0 Å². The SMILES string of the molecule is CCC(CCO)NC(=O)NC(C)C(OC)c1ccc(Cl)cc1. The third-order valence-corrected chi connectivity index (χ3v) is 3.82. The van der Waals surface area contributed by atoms with Crippen LogP contribution < -0.4 is 10.6 Å². The first-order valence-electron chi connectivity index (χ1n) is 7.47. The summed E-state index contributed by atoms with van der Waals surface area (Å²) in [7, 11) is 1.61. The summed E-state index contributed by atoms with van der Waals surface area (Å²) in [4.78, 5) is 12.0. The van der Waals surface area contributed by atoms with Crippen molar-refractivity contribution in [3.8, 4) is 0 Å². The number of benzene rings is 1. The topological polar surface area (TPSA) is 70.6 Å². The molecule has 0 heterocycles. The lowest BCUT2D eigenvalue weighted by molar-refractivity contribution is 0.0760. The number of carbonyl (C=O) groups is 1. The number of methoxy groups -OCH3 is 1. The predicted molar refractivity (Wildman–Crippen MR) is 88.1 cm³/mol. The molecule has 2 amide bonds. The van der Waals surface area contributed by atoms with Crippen molar-refractivity contribution in [2.24, 2.45) is 0 Å². The Morgan fingerprint density at radius 1 is 1.32 bits per heavy atom. The molecule has 0 bridgehead atoms. The Balaban J connectivity index is 2.62. The second-order valence-electron chi connectivity index (χ2n) is 5.23. The van der Waals surface area contributed by atoms with Crippen LogP contribution in [0, 0.1) is 0 Å². The number of nitrogens with one attached hydrogen (secondary N) is 2. The highest BCUT2D eigenvalue weighted by atomic mass is 35.5. The molecule has 0 aliphatic carbocycles. The van der Waals surface area contributed by atoms with Gasteiger partial charge < -0.3 is 20.5 Å². The molecule has 1 rings (SSSR count). The van der Waals surface area contributed by atoms with Crippen LogP contribution >= 0.6 is 11.6 Å². The third kappa shape index (κ3) is 5.83. The van der Waals surface area contributed by atoms with Crippen LogP contribution in [0.5, 0.6) is 0 Å². The quantitative estimate of drug-likeness (QED) is 0.687. The number of urea groups is 1. The van der Waals surface area contributed by atoms with Crippen LogP contribution in [0.15, 0.2) is 24.3 Å². The van der Waals surface area contributed by atoms with Crippen molar-refractivity contribution >= 4 is 17.6 Å². The summed E-state index contributed by atoms with van der Waals surface area (Å²) in [6.45, 7) is 3.91. The molecule has 3 N–H and O–H groups in total. The maximum atomic E-state index is 12.0. The zero-order chi connectivity index (χ0) is 16.5. The number of aliphatic hydroxyl groups excluding tert-OH is 1. The summed E-state index contributed by atoms with van der Waals surface area (Å²) in [5.41, 5.74) is 0.946. The smallest absolute Gasteiger partial charge is 0.315 e. The van der Waals surface area contributed by atoms with E-state index in [1.807, 2.05) is 26.0 Å². The summed E-state index contributed by atoms with van der Waals surface area (Å²) in [5, 5.41) is 15.3. The lowest BCUT2D eigenvalue weighted by atomic mass is 10.0. The van der Waals surface area contributed by atoms with Gasteiger partial charge in [0.25, 0.3) is 0 Å². The molecule has 124 valence electrons. The van der Waals surface area contributed by atoms with Crippen LogP contribution in [-0.2, 0) is 4.74 Å².